The molecular formula is C11H24N2S. The fourth-order valence-corrected chi connectivity index (χ4v) is 2.38. The third kappa shape index (κ3) is 4.67. The van der Waals surface area contributed by atoms with E-state index in [2.05, 4.69) is 18.5 Å². The van der Waals surface area contributed by atoms with Crippen molar-refractivity contribution in [3.05, 3.63) is 0 Å². The molecule has 1 aliphatic rings. The molecule has 2 nitrogen and oxygen atoms in total. The predicted molar refractivity (Wildman–Crippen MR) is 65.8 cm³/mol. The largest absolute Gasteiger partial charge is 0.328 e. The zero-order valence-corrected chi connectivity index (χ0v) is 10.3. The Bertz CT molecular complexity index is 152. The minimum Gasteiger partial charge on any atom is -0.328 e. The fourth-order valence-electron chi connectivity index (χ4n) is 2.02. The maximum atomic E-state index is 5.94. The van der Waals surface area contributed by atoms with Crippen molar-refractivity contribution in [3.8, 4) is 0 Å². The van der Waals surface area contributed by atoms with E-state index in [1.807, 2.05) is 11.8 Å². The highest BCUT2D eigenvalue weighted by atomic mass is 32.2. The summed E-state index contributed by atoms with van der Waals surface area (Å²) in [6.45, 7) is 3.44. The summed E-state index contributed by atoms with van der Waals surface area (Å²) in [6.07, 6.45) is 8.47. The molecule has 1 rings (SSSR count). The molecule has 14 heavy (non-hydrogen) atoms. The number of nitrogens with one attached hydrogen (secondary N) is 1. The van der Waals surface area contributed by atoms with Crippen LogP contribution in [0.3, 0.4) is 0 Å². The molecule has 1 aliphatic carbocycles. The normalized spacial score (nSPS) is 30.2. The van der Waals surface area contributed by atoms with E-state index in [0.717, 1.165) is 11.8 Å². The van der Waals surface area contributed by atoms with Crippen LogP contribution in [0.2, 0.25) is 0 Å². The number of hydrogen-bond acceptors (Lipinski definition) is 3. The lowest BCUT2D eigenvalue weighted by Crippen LogP contribution is -2.40. The first-order valence-electron chi connectivity index (χ1n) is 5.74. The van der Waals surface area contributed by atoms with Crippen LogP contribution in [0, 0.1) is 0 Å². The van der Waals surface area contributed by atoms with E-state index >= 15 is 0 Å². The molecule has 0 aliphatic heterocycles. The van der Waals surface area contributed by atoms with Gasteiger partial charge in [-0.15, -0.1) is 0 Å². The second kappa shape index (κ2) is 6.70. The van der Waals surface area contributed by atoms with Gasteiger partial charge in [0.1, 0.15) is 0 Å². The molecule has 1 fully saturated rings. The Labute approximate surface area is 92.4 Å². The van der Waals surface area contributed by atoms with E-state index in [0.29, 0.717) is 12.1 Å². The molecule has 0 bridgehead atoms. The molecule has 0 saturated heterocycles. The van der Waals surface area contributed by atoms with Gasteiger partial charge in [0.25, 0.3) is 0 Å². The zero-order valence-electron chi connectivity index (χ0n) is 9.46. The second-order valence-electron chi connectivity index (χ2n) is 4.41. The SMILES string of the molecule is CSC(C)CCNC1CCCC(N)C1. The highest BCUT2D eigenvalue weighted by Crippen LogP contribution is 2.17. The van der Waals surface area contributed by atoms with Gasteiger partial charge in [0, 0.05) is 17.3 Å². The van der Waals surface area contributed by atoms with Gasteiger partial charge in [-0.2, -0.15) is 11.8 Å². The summed E-state index contributed by atoms with van der Waals surface area (Å²) < 4.78 is 0. The third-order valence-corrected chi connectivity index (χ3v) is 4.14. The van der Waals surface area contributed by atoms with Crippen molar-refractivity contribution in [1.82, 2.24) is 5.32 Å². The Hall–Kier alpha value is 0.270. The Balaban J connectivity index is 2.05. The van der Waals surface area contributed by atoms with Gasteiger partial charge in [-0.3, -0.25) is 0 Å². The molecule has 3 heteroatoms. The van der Waals surface area contributed by atoms with Gasteiger partial charge in [0.15, 0.2) is 0 Å². The van der Waals surface area contributed by atoms with Crippen molar-refractivity contribution < 1.29 is 0 Å². The van der Waals surface area contributed by atoms with E-state index in [1.54, 1.807) is 0 Å². The summed E-state index contributed by atoms with van der Waals surface area (Å²) in [7, 11) is 0. The lowest BCUT2D eigenvalue weighted by molar-refractivity contribution is 0.339. The first-order valence-corrected chi connectivity index (χ1v) is 7.03. The maximum Gasteiger partial charge on any atom is 0.00818 e. The molecular weight excluding hydrogens is 192 g/mol. The molecule has 0 heterocycles. The van der Waals surface area contributed by atoms with Crippen LogP contribution in [0.4, 0.5) is 0 Å². The van der Waals surface area contributed by atoms with E-state index in [-0.39, 0.29) is 0 Å². The highest BCUT2D eigenvalue weighted by molar-refractivity contribution is 7.99. The standard InChI is InChI=1S/C11H24N2S/c1-9(14-2)6-7-13-11-5-3-4-10(12)8-11/h9-11,13H,3-8,12H2,1-2H3. The van der Waals surface area contributed by atoms with E-state index in [9.17, 15) is 0 Å². The van der Waals surface area contributed by atoms with Gasteiger partial charge in [-0.25, -0.2) is 0 Å². The lowest BCUT2D eigenvalue weighted by atomic mass is 9.91. The van der Waals surface area contributed by atoms with Crippen LogP contribution in [0.25, 0.3) is 0 Å². The molecule has 0 aromatic carbocycles. The topological polar surface area (TPSA) is 38.0 Å². The smallest absolute Gasteiger partial charge is 0.00818 e. The Kier molecular flexibility index (Phi) is 5.90. The van der Waals surface area contributed by atoms with Crippen LogP contribution < -0.4 is 11.1 Å². The van der Waals surface area contributed by atoms with E-state index in [1.165, 1.54) is 32.1 Å². The average Bonchev–Trinajstić information content (AvgIpc) is 2.17. The van der Waals surface area contributed by atoms with Gasteiger partial charge in [-0.05, 0) is 38.5 Å². The lowest BCUT2D eigenvalue weighted by Gasteiger charge is -2.27. The van der Waals surface area contributed by atoms with Gasteiger partial charge in [0.2, 0.25) is 0 Å². The molecule has 3 atom stereocenters. The summed E-state index contributed by atoms with van der Waals surface area (Å²) in [6, 6.07) is 1.13. The third-order valence-electron chi connectivity index (χ3n) is 3.10. The molecule has 0 spiro atoms. The summed E-state index contributed by atoms with van der Waals surface area (Å²) >= 11 is 1.95. The average molecular weight is 216 g/mol. The van der Waals surface area contributed by atoms with E-state index < -0.39 is 0 Å². The summed E-state index contributed by atoms with van der Waals surface area (Å²) in [4.78, 5) is 0. The number of thioether (sulfide) groups is 1. The monoisotopic (exact) mass is 216 g/mol. The Morgan fingerprint density at radius 1 is 1.50 bits per heavy atom. The van der Waals surface area contributed by atoms with Crippen LogP contribution in [-0.4, -0.2) is 30.1 Å². The Morgan fingerprint density at radius 3 is 2.93 bits per heavy atom. The molecule has 3 unspecified atom stereocenters. The van der Waals surface area contributed by atoms with Crippen LogP contribution in [0.15, 0.2) is 0 Å². The van der Waals surface area contributed by atoms with Gasteiger partial charge < -0.3 is 11.1 Å². The van der Waals surface area contributed by atoms with Crippen molar-refractivity contribution in [2.24, 2.45) is 5.73 Å². The van der Waals surface area contributed by atoms with Crippen LogP contribution in [0.1, 0.15) is 39.0 Å². The molecule has 0 radical (unpaired) electrons. The second-order valence-corrected chi connectivity index (χ2v) is 5.69. The fraction of sp³-hybridized carbons (Fsp3) is 1.00. The Morgan fingerprint density at radius 2 is 2.29 bits per heavy atom. The zero-order chi connectivity index (χ0) is 10.4. The quantitative estimate of drug-likeness (QED) is 0.738. The van der Waals surface area contributed by atoms with Crippen molar-refractivity contribution in [3.63, 3.8) is 0 Å². The summed E-state index contributed by atoms with van der Waals surface area (Å²) in [5.41, 5.74) is 5.94. The van der Waals surface area contributed by atoms with Crippen LogP contribution in [-0.2, 0) is 0 Å². The molecule has 84 valence electrons. The molecule has 3 N–H and O–H groups in total. The maximum absolute atomic E-state index is 5.94. The molecule has 0 aromatic rings. The predicted octanol–water partition coefficient (Wildman–Crippen LogP) is 1.99. The van der Waals surface area contributed by atoms with Crippen LogP contribution >= 0.6 is 11.8 Å². The first-order chi connectivity index (χ1) is 6.72. The van der Waals surface area contributed by atoms with Gasteiger partial charge in [0.05, 0.1) is 0 Å². The highest BCUT2D eigenvalue weighted by Gasteiger charge is 2.18. The van der Waals surface area contributed by atoms with Crippen molar-refractivity contribution >= 4 is 11.8 Å². The van der Waals surface area contributed by atoms with Crippen molar-refractivity contribution in [1.29, 1.82) is 0 Å². The number of hydrogen-bond donors (Lipinski definition) is 2. The minimum absolute atomic E-state index is 0.444. The summed E-state index contributed by atoms with van der Waals surface area (Å²) in [5, 5.41) is 4.40. The summed E-state index contributed by atoms with van der Waals surface area (Å²) in [5.74, 6) is 0. The number of rotatable bonds is 5. The first kappa shape index (κ1) is 12.3. The molecule has 1 saturated carbocycles. The minimum atomic E-state index is 0.444. The number of nitrogens with two attached hydrogens (primary N) is 1. The van der Waals surface area contributed by atoms with E-state index in [4.69, 9.17) is 5.73 Å². The van der Waals surface area contributed by atoms with Gasteiger partial charge >= 0.3 is 0 Å². The molecule has 0 aromatic heterocycles. The van der Waals surface area contributed by atoms with Crippen molar-refractivity contribution in [2.75, 3.05) is 12.8 Å². The van der Waals surface area contributed by atoms with Crippen LogP contribution in [0.5, 0.6) is 0 Å². The van der Waals surface area contributed by atoms with Crippen molar-refractivity contribution in [2.45, 2.75) is 56.4 Å². The van der Waals surface area contributed by atoms with Gasteiger partial charge in [-0.1, -0.05) is 13.3 Å². The molecule has 0 amide bonds.